The van der Waals surface area contributed by atoms with Crippen LogP contribution in [-0.2, 0) is 11.2 Å². The number of Topliss-reactive ketones (excluding diaryl/α,β-unsaturated/α-hetero) is 1. The Balaban J connectivity index is 0.000000252. The molecule has 0 aliphatic heterocycles. The van der Waals surface area contributed by atoms with Crippen LogP contribution in [0.15, 0.2) is 24.4 Å². The minimum Gasteiger partial charge on any atom is -0.300 e. The van der Waals surface area contributed by atoms with E-state index < -0.39 is 0 Å². The Morgan fingerprint density at radius 3 is 2.23 bits per heavy atom. The van der Waals surface area contributed by atoms with Crippen LogP contribution >= 0.6 is 0 Å². The first kappa shape index (κ1) is 11.8. The zero-order chi connectivity index (χ0) is 10.1. The predicted octanol–water partition coefficient (Wildman–Crippen LogP) is 2.63. The van der Waals surface area contributed by atoms with E-state index in [0.29, 0.717) is 6.42 Å². The van der Waals surface area contributed by atoms with E-state index in [2.05, 4.69) is 11.9 Å². The summed E-state index contributed by atoms with van der Waals surface area (Å²) < 4.78 is 0. The maximum absolute atomic E-state index is 9.81. The van der Waals surface area contributed by atoms with E-state index >= 15 is 0 Å². The van der Waals surface area contributed by atoms with Crippen molar-refractivity contribution in [3.8, 4) is 0 Å². The summed E-state index contributed by atoms with van der Waals surface area (Å²) in [5, 5.41) is 0. The van der Waals surface area contributed by atoms with Gasteiger partial charge in [-0.3, -0.25) is 4.98 Å². The van der Waals surface area contributed by atoms with Crippen LogP contribution in [0, 0.1) is 0 Å². The third-order valence-corrected chi connectivity index (χ3v) is 1.59. The topological polar surface area (TPSA) is 30.0 Å². The summed E-state index contributed by atoms with van der Waals surface area (Å²) in [5.41, 5.74) is 1.16. The molecule has 0 saturated heterocycles. The molecular weight excluding hydrogens is 162 g/mol. The summed E-state index contributed by atoms with van der Waals surface area (Å²) in [7, 11) is 0. The zero-order valence-electron chi connectivity index (χ0n) is 8.58. The van der Waals surface area contributed by atoms with E-state index in [1.54, 1.807) is 6.92 Å². The number of rotatable bonds is 2. The molecule has 0 radical (unpaired) electrons. The third kappa shape index (κ3) is 7.19. The molecule has 0 aromatic carbocycles. The molecule has 0 N–H and O–H groups in total. The van der Waals surface area contributed by atoms with Gasteiger partial charge in [0.15, 0.2) is 0 Å². The number of aryl methyl sites for hydroxylation is 1. The first-order valence-electron chi connectivity index (χ1n) is 4.60. The molecule has 0 bridgehead atoms. The number of carbonyl (C=O) groups is 1. The lowest BCUT2D eigenvalue weighted by Gasteiger charge is -1.88. The molecule has 72 valence electrons. The quantitative estimate of drug-likeness (QED) is 0.698. The van der Waals surface area contributed by atoms with Gasteiger partial charge in [0, 0.05) is 18.3 Å². The molecule has 0 unspecified atom stereocenters. The Hall–Kier alpha value is -1.18. The number of hydrogen-bond acceptors (Lipinski definition) is 2. The maximum atomic E-state index is 9.81. The minimum absolute atomic E-state index is 0.255. The average Bonchev–Trinajstić information content (AvgIpc) is 2.20. The van der Waals surface area contributed by atoms with Gasteiger partial charge in [-0.05, 0) is 25.5 Å². The smallest absolute Gasteiger partial charge is 0.129 e. The predicted molar refractivity (Wildman–Crippen MR) is 54.6 cm³/mol. The molecule has 1 aromatic rings. The highest BCUT2D eigenvalue weighted by Crippen LogP contribution is 1.91. The average molecular weight is 179 g/mol. The fraction of sp³-hybridized carbons (Fsp3) is 0.455. The number of ketones is 1. The monoisotopic (exact) mass is 179 g/mol. The minimum atomic E-state index is 0.255. The number of aromatic nitrogens is 1. The van der Waals surface area contributed by atoms with Crippen molar-refractivity contribution in [3.05, 3.63) is 30.1 Å². The van der Waals surface area contributed by atoms with Crippen molar-refractivity contribution in [2.24, 2.45) is 0 Å². The van der Waals surface area contributed by atoms with Gasteiger partial charge in [-0.15, -0.1) is 0 Å². The molecule has 2 nitrogen and oxygen atoms in total. The summed E-state index contributed by atoms with van der Waals surface area (Å²) in [6.07, 6.45) is 3.51. The molecule has 13 heavy (non-hydrogen) atoms. The molecule has 1 rings (SSSR count). The van der Waals surface area contributed by atoms with Gasteiger partial charge >= 0.3 is 0 Å². The van der Waals surface area contributed by atoms with Crippen molar-refractivity contribution in [2.45, 2.75) is 33.6 Å². The highest BCUT2D eigenvalue weighted by molar-refractivity contribution is 5.74. The zero-order valence-corrected chi connectivity index (χ0v) is 8.58. The summed E-state index contributed by atoms with van der Waals surface area (Å²) in [5.74, 6) is 0.255. The van der Waals surface area contributed by atoms with Crippen LogP contribution in [0.3, 0.4) is 0 Å². The summed E-state index contributed by atoms with van der Waals surface area (Å²) in [4.78, 5) is 13.9. The van der Waals surface area contributed by atoms with Crippen LogP contribution in [0.4, 0.5) is 0 Å². The molecule has 0 spiro atoms. The molecule has 0 fully saturated rings. The first-order chi connectivity index (χ1) is 6.20. The number of nitrogens with zero attached hydrogens (tertiary/aromatic N) is 1. The maximum Gasteiger partial charge on any atom is 0.129 e. The van der Waals surface area contributed by atoms with Crippen LogP contribution in [0.25, 0.3) is 0 Å². The lowest BCUT2D eigenvalue weighted by atomic mass is 10.3. The third-order valence-electron chi connectivity index (χ3n) is 1.59. The molecule has 0 amide bonds. The van der Waals surface area contributed by atoms with Crippen molar-refractivity contribution < 1.29 is 4.79 Å². The van der Waals surface area contributed by atoms with E-state index in [4.69, 9.17) is 0 Å². The molecule has 0 aliphatic rings. The lowest BCUT2D eigenvalue weighted by molar-refractivity contribution is -0.116. The molecule has 2 heteroatoms. The van der Waals surface area contributed by atoms with E-state index in [9.17, 15) is 4.79 Å². The molecule has 0 atom stereocenters. The Kier molecular flexibility index (Phi) is 6.79. The van der Waals surface area contributed by atoms with Crippen LogP contribution < -0.4 is 0 Å². The second-order valence-corrected chi connectivity index (χ2v) is 2.73. The normalized spacial score (nSPS) is 8.54. The van der Waals surface area contributed by atoms with Gasteiger partial charge in [-0.2, -0.15) is 0 Å². The van der Waals surface area contributed by atoms with Crippen molar-refractivity contribution in [2.75, 3.05) is 0 Å². The lowest BCUT2D eigenvalue weighted by Crippen LogP contribution is -1.81. The fourth-order valence-electron chi connectivity index (χ4n) is 0.607. The summed E-state index contributed by atoms with van der Waals surface area (Å²) >= 11 is 0. The van der Waals surface area contributed by atoms with Gasteiger partial charge in [0.05, 0.1) is 0 Å². The van der Waals surface area contributed by atoms with Crippen molar-refractivity contribution in [3.63, 3.8) is 0 Å². The molecule has 0 saturated carbocycles. The van der Waals surface area contributed by atoms with Gasteiger partial charge < -0.3 is 4.79 Å². The fourth-order valence-corrected chi connectivity index (χ4v) is 0.607. The van der Waals surface area contributed by atoms with Crippen molar-refractivity contribution in [1.29, 1.82) is 0 Å². The van der Waals surface area contributed by atoms with Crippen LogP contribution in [0.1, 0.15) is 32.9 Å². The Labute approximate surface area is 80.0 Å². The first-order valence-corrected chi connectivity index (χ1v) is 4.60. The largest absolute Gasteiger partial charge is 0.300 e. The number of carbonyl (C=O) groups excluding carboxylic acids is 1. The van der Waals surface area contributed by atoms with Crippen LogP contribution in [0.2, 0.25) is 0 Å². The summed E-state index contributed by atoms with van der Waals surface area (Å²) in [6, 6.07) is 5.96. The summed E-state index contributed by atoms with van der Waals surface area (Å²) in [6.45, 7) is 5.53. The van der Waals surface area contributed by atoms with Gasteiger partial charge in [-0.1, -0.05) is 19.9 Å². The van der Waals surface area contributed by atoms with E-state index in [1.165, 1.54) is 0 Å². The molecule has 0 aliphatic carbocycles. The second kappa shape index (κ2) is 7.47. The second-order valence-electron chi connectivity index (χ2n) is 2.73. The molecule has 1 heterocycles. The van der Waals surface area contributed by atoms with Gasteiger partial charge in [0.1, 0.15) is 5.78 Å². The van der Waals surface area contributed by atoms with E-state index in [1.807, 2.05) is 31.3 Å². The molecular formula is C11H17NO. The Morgan fingerprint density at radius 1 is 1.38 bits per heavy atom. The van der Waals surface area contributed by atoms with E-state index in [0.717, 1.165) is 12.1 Å². The molecule has 1 aromatic heterocycles. The SMILES string of the molecule is CCC(C)=O.CCc1ccccn1. The van der Waals surface area contributed by atoms with Crippen LogP contribution in [0.5, 0.6) is 0 Å². The highest BCUT2D eigenvalue weighted by Gasteiger charge is 1.81. The Bertz CT molecular complexity index is 231. The standard InChI is InChI=1S/C7H9N.C4H8O/c1-2-7-5-3-4-6-8-7;1-3-4(2)5/h3-6H,2H2,1H3;3H2,1-2H3. The Morgan fingerprint density at radius 2 is 2.00 bits per heavy atom. The van der Waals surface area contributed by atoms with Gasteiger partial charge in [0.25, 0.3) is 0 Å². The van der Waals surface area contributed by atoms with E-state index in [-0.39, 0.29) is 5.78 Å². The van der Waals surface area contributed by atoms with Crippen molar-refractivity contribution >= 4 is 5.78 Å². The number of hydrogen-bond donors (Lipinski definition) is 0. The highest BCUT2D eigenvalue weighted by atomic mass is 16.1. The number of pyridine rings is 1. The van der Waals surface area contributed by atoms with Gasteiger partial charge in [-0.25, -0.2) is 0 Å². The van der Waals surface area contributed by atoms with Crippen LogP contribution in [-0.4, -0.2) is 10.8 Å². The van der Waals surface area contributed by atoms with Crippen molar-refractivity contribution in [1.82, 2.24) is 4.98 Å². The van der Waals surface area contributed by atoms with Gasteiger partial charge in [0.2, 0.25) is 0 Å².